The van der Waals surface area contributed by atoms with Crippen molar-refractivity contribution in [3.8, 4) is 11.3 Å². The monoisotopic (exact) mass is 434 g/mol. The molecule has 5 nitrogen and oxygen atoms in total. The molecule has 24 heavy (non-hydrogen) atoms. The van der Waals surface area contributed by atoms with E-state index in [0.29, 0.717) is 18.0 Å². The summed E-state index contributed by atoms with van der Waals surface area (Å²) in [4.78, 5) is 25.2. The van der Waals surface area contributed by atoms with Crippen LogP contribution in [0.15, 0.2) is 35.7 Å². The molecule has 0 saturated carbocycles. The van der Waals surface area contributed by atoms with Crippen LogP contribution in [-0.4, -0.2) is 26.1 Å². The maximum atomic E-state index is 11.9. The number of fused-ring (bicyclic) bond motifs is 1. The number of rotatable bonds is 4. The van der Waals surface area contributed by atoms with Crippen LogP contribution in [0.25, 0.3) is 11.3 Å². The van der Waals surface area contributed by atoms with Gasteiger partial charge in [-0.2, -0.15) is 0 Å². The molecule has 1 N–H and O–H groups in total. The predicted octanol–water partition coefficient (Wildman–Crippen LogP) is 3.87. The lowest BCUT2D eigenvalue weighted by molar-refractivity contribution is -0.116. The van der Waals surface area contributed by atoms with E-state index >= 15 is 0 Å². The Labute approximate surface area is 155 Å². The fourth-order valence-corrected chi connectivity index (χ4v) is 3.37. The number of anilines is 1. The van der Waals surface area contributed by atoms with Gasteiger partial charge in [0.15, 0.2) is 0 Å². The van der Waals surface area contributed by atoms with Gasteiger partial charge in [0.2, 0.25) is 5.91 Å². The highest BCUT2D eigenvalue weighted by Gasteiger charge is 2.14. The molecule has 3 rings (SSSR count). The second-order valence-electron chi connectivity index (χ2n) is 6.26. The maximum absolute atomic E-state index is 11.9. The van der Waals surface area contributed by atoms with E-state index in [9.17, 15) is 4.79 Å². The van der Waals surface area contributed by atoms with E-state index in [4.69, 9.17) is 0 Å². The van der Waals surface area contributed by atoms with Gasteiger partial charge in [0.1, 0.15) is 3.72 Å². The average molecular weight is 434 g/mol. The molecular weight excluding hydrogens is 415 g/mol. The zero-order valence-electron chi connectivity index (χ0n) is 13.7. The molecule has 6 heteroatoms. The van der Waals surface area contributed by atoms with Gasteiger partial charge in [-0.05, 0) is 52.6 Å². The van der Waals surface area contributed by atoms with Crippen LogP contribution in [0, 0.1) is 5.92 Å². The molecule has 0 atom stereocenters. The fourth-order valence-electron chi connectivity index (χ4n) is 2.62. The van der Waals surface area contributed by atoms with E-state index in [1.54, 1.807) is 12.4 Å². The molecule has 1 amide bonds. The number of nitrogens with one attached hydrogen (secondary N) is 1. The zero-order valence-corrected chi connectivity index (χ0v) is 15.9. The van der Waals surface area contributed by atoms with Gasteiger partial charge in [0, 0.05) is 36.5 Å². The average Bonchev–Trinajstić information content (AvgIpc) is 2.54. The maximum Gasteiger partial charge on any atom is 0.224 e. The molecular formula is C18H19IN4O. The number of aliphatic imine (C=N–C) groups is 1. The van der Waals surface area contributed by atoms with Crippen LogP contribution < -0.4 is 5.32 Å². The number of nitrogens with zero attached hydrogens (tertiary/aromatic N) is 3. The van der Waals surface area contributed by atoms with Gasteiger partial charge in [-0.15, -0.1) is 0 Å². The molecule has 1 aliphatic rings. The van der Waals surface area contributed by atoms with Gasteiger partial charge in [-0.1, -0.05) is 13.8 Å². The molecule has 0 saturated heterocycles. The Kier molecular flexibility index (Phi) is 5.23. The molecule has 2 aromatic heterocycles. The summed E-state index contributed by atoms with van der Waals surface area (Å²) >= 11 is 2.27. The third kappa shape index (κ3) is 3.98. The van der Waals surface area contributed by atoms with E-state index in [2.05, 4.69) is 48.9 Å². The second-order valence-corrected chi connectivity index (χ2v) is 7.28. The van der Waals surface area contributed by atoms with Crippen LogP contribution in [0.5, 0.6) is 0 Å². The summed E-state index contributed by atoms with van der Waals surface area (Å²) < 4.78 is 1.02. The standard InChI is InChI=1S/C18H19IN4O/c1-11(2)5-17(24)23-14-6-13(8-20-10-14)16-7-15-12(9-22-16)3-4-21-18(15)19/h6-11H,3-5H2,1-2H3,(H,23,24). The summed E-state index contributed by atoms with van der Waals surface area (Å²) in [5.41, 5.74) is 4.79. The van der Waals surface area contributed by atoms with Crippen molar-refractivity contribution in [2.45, 2.75) is 26.7 Å². The molecule has 0 fully saturated rings. The highest BCUT2D eigenvalue weighted by molar-refractivity contribution is 14.1. The largest absolute Gasteiger partial charge is 0.325 e. The van der Waals surface area contributed by atoms with E-state index < -0.39 is 0 Å². The Bertz CT molecular complexity index is 801. The van der Waals surface area contributed by atoms with Crippen LogP contribution in [0.2, 0.25) is 0 Å². The number of halogens is 1. The first kappa shape index (κ1) is 17.0. The minimum atomic E-state index is 0.00373. The molecule has 0 bridgehead atoms. The number of amides is 1. The number of hydrogen-bond acceptors (Lipinski definition) is 4. The molecule has 0 unspecified atom stereocenters. The molecule has 3 heterocycles. The summed E-state index contributed by atoms with van der Waals surface area (Å²) in [6.45, 7) is 4.87. The Morgan fingerprint density at radius 2 is 2.12 bits per heavy atom. The first-order valence-electron chi connectivity index (χ1n) is 7.97. The van der Waals surface area contributed by atoms with Gasteiger partial charge >= 0.3 is 0 Å². The number of pyridine rings is 2. The number of aromatic nitrogens is 2. The quantitative estimate of drug-likeness (QED) is 0.744. The SMILES string of the molecule is CC(C)CC(=O)Nc1cncc(-c2cc3c(cn2)CCN=C3I)c1. The first-order valence-corrected chi connectivity index (χ1v) is 9.05. The van der Waals surface area contributed by atoms with Crippen LogP contribution >= 0.6 is 22.6 Å². The molecule has 2 aromatic rings. The van der Waals surface area contributed by atoms with Crippen molar-refractivity contribution < 1.29 is 4.79 Å². The summed E-state index contributed by atoms with van der Waals surface area (Å²) in [5, 5.41) is 2.90. The van der Waals surface area contributed by atoms with Crippen LogP contribution in [-0.2, 0) is 11.2 Å². The van der Waals surface area contributed by atoms with Gasteiger partial charge in [0.05, 0.1) is 17.6 Å². The number of hydrogen-bond donors (Lipinski definition) is 1. The van der Waals surface area contributed by atoms with Crippen LogP contribution in [0.4, 0.5) is 5.69 Å². The Morgan fingerprint density at radius 1 is 1.29 bits per heavy atom. The van der Waals surface area contributed by atoms with Crippen LogP contribution in [0.3, 0.4) is 0 Å². The van der Waals surface area contributed by atoms with Crippen molar-refractivity contribution in [3.63, 3.8) is 0 Å². The summed E-state index contributed by atoms with van der Waals surface area (Å²) in [6, 6.07) is 3.96. The Hall–Kier alpha value is -1.83. The lowest BCUT2D eigenvalue weighted by atomic mass is 10.0. The predicted molar refractivity (Wildman–Crippen MR) is 105 cm³/mol. The summed E-state index contributed by atoms with van der Waals surface area (Å²) in [5.74, 6) is 0.328. The van der Waals surface area contributed by atoms with Crippen molar-refractivity contribution >= 4 is 37.9 Å². The lowest BCUT2D eigenvalue weighted by Crippen LogP contribution is -2.14. The lowest BCUT2D eigenvalue weighted by Gasteiger charge is -2.14. The topological polar surface area (TPSA) is 67.2 Å². The number of carbonyl (C=O) groups is 1. The normalized spacial score (nSPS) is 13.4. The molecule has 124 valence electrons. The van der Waals surface area contributed by atoms with Crippen molar-refractivity contribution in [3.05, 3.63) is 41.9 Å². The van der Waals surface area contributed by atoms with Crippen LogP contribution in [0.1, 0.15) is 31.4 Å². The minimum absolute atomic E-state index is 0.00373. The third-order valence-electron chi connectivity index (χ3n) is 3.75. The van der Waals surface area contributed by atoms with Gasteiger partial charge < -0.3 is 5.32 Å². The zero-order chi connectivity index (χ0) is 17.1. The van der Waals surface area contributed by atoms with E-state index in [1.807, 2.05) is 26.1 Å². The highest BCUT2D eigenvalue weighted by atomic mass is 127. The second kappa shape index (κ2) is 7.38. The van der Waals surface area contributed by atoms with Gasteiger partial charge in [0.25, 0.3) is 0 Å². The third-order valence-corrected chi connectivity index (χ3v) is 4.67. The smallest absolute Gasteiger partial charge is 0.224 e. The van der Waals surface area contributed by atoms with E-state index in [1.165, 1.54) is 5.56 Å². The first-order chi connectivity index (χ1) is 11.5. The summed E-state index contributed by atoms with van der Waals surface area (Å²) in [6.07, 6.45) is 6.77. The number of carbonyl (C=O) groups excluding carboxylic acids is 1. The van der Waals surface area contributed by atoms with Gasteiger partial charge in [-0.3, -0.25) is 19.8 Å². The molecule has 0 aliphatic carbocycles. The minimum Gasteiger partial charge on any atom is -0.325 e. The Balaban J connectivity index is 1.86. The molecule has 0 radical (unpaired) electrons. The van der Waals surface area contributed by atoms with Crippen molar-refractivity contribution in [1.82, 2.24) is 9.97 Å². The highest BCUT2D eigenvalue weighted by Crippen LogP contribution is 2.25. The van der Waals surface area contributed by atoms with Crippen molar-refractivity contribution in [2.24, 2.45) is 10.9 Å². The van der Waals surface area contributed by atoms with Gasteiger partial charge in [-0.25, -0.2) is 0 Å². The van der Waals surface area contributed by atoms with E-state index in [-0.39, 0.29) is 5.91 Å². The van der Waals surface area contributed by atoms with Crippen molar-refractivity contribution in [2.75, 3.05) is 11.9 Å². The fraction of sp³-hybridized carbons (Fsp3) is 0.333. The molecule has 1 aliphatic heterocycles. The molecule has 0 spiro atoms. The summed E-state index contributed by atoms with van der Waals surface area (Å²) in [7, 11) is 0. The Morgan fingerprint density at radius 3 is 2.92 bits per heavy atom. The van der Waals surface area contributed by atoms with E-state index in [0.717, 1.165) is 33.5 Å². The van der Waals surface area contributed by atoms with Crippen molar-refractivity contribution in [1.29, 1.82) is 0 Å². The molecule has 0 aromatic carbocycles.